The van der Waals surface area contributed by atoms with E-state index in [0.29, 0.717) is 11.6 Å². The average molecular weight is 188 g/mol. The summed E-state index contributed by atoms with van der Waals surface area (Å²) in [5.41, 5.74) is 8.14. The van der Waals surface area contributed by atoms with Crippen LogP contribution in [0.2, 0.25) is 0 Å². The Hall–Kier alpha value is -1.51. The molecular weight excluding hydrogens is 176 g/mol. The number of hydrogen-bond donors (Lipinski definition) is 1. The Balaban J connectivity index is 2.15. The minimum Gasteiger partial charge on any atom is -0.440 e. The Morgan fingerprint density at radius 1 is 1.36 bits per heavy atom. The summed E-state index contributed by atoms with van der Waals surface area (Å²) in [4.78, 5) is 4.44. The number of nitrogen functional groups attached to an aromatic ring is 1. The highest BCUT2D eigenvalue weighted by Gasteiger charge is 2.24. The lowest BCUT2D eigenvalue weighted by molar-refractivity contribution is 0.344. The molecule has 0 radical (unpaired) electrons. The van der Waals surface area contributed by atoms with Crippen LogP contribution in [0.5, 0.6) is 0 Å². The SMILES string of the molecule is Nc1cccc2oc(C3CCC3)nc12. The summed E-state index contributed by atoms with van der Waals surface area (Å²) in [5, 5.41) is 0. The Labute approximate surface area is 81.9 Å². The fraction of sp³-hybridized carbons (Fsp3) is 0.364. The summed E-state index contributed by atoms with van der Waals surface area (Å²) in [5.74, 6) is 1.39. The van der Waals surface area contributed by atoms with E-state index in [1.807, 2.05) is 18.2 Å². The van der Waals surface area contributed by atoms with E-state index in [1.54, 1.807) is 0 Å². The first-order valence-electron chi connectivity index (χ1n) is 4.99. The van der Waals surface area contributed by atoms with Crippen LogP contribution in [0.25, 0.3) is 11.1 Å². The summed E-state index contributed by atoms with van der Waals surface area (Å²) >= 11 is 0. The molecule has 1 fully saturated rings. The van der Waals surface area contributed by atoms with E-state index in [1.165, 1.54) is 19.3 Å². The van der Waals surface area contributed by atoms with Crippen LogP contribution in [-0.4, -0.2) is 4.98 Å². The Bertz CT molecular complexity index is 471. The van der Waals surface area contributed by atoms with E-state index >= 15 is 0 Å². The highest BCUT2D eigenvalue weighted by Crippen LogP contribution is 2.37. The van der Waals surface area contributed by atoms with E-state index in [-0.39, 0.29) is 0 Å². The number of para-hydroxylation sites is 1. The minimum atomic E-state index is 0.529. The smallest absolute Gasteiger partial charge is 0.198 e. The zero-order valence-corrected chi connectivity index (χ0v) is 7.86. The number of aromatic nitrogens is 1. The molecule has 3 nitrogen and oxygen atoms in total. The van der Waals surface area contributed by atoms with Crippen LogP contribution in [0.3, 0.4) is 0 Å². The molecule has 0 aliphatic heterocycles. The molecule has 3 rings (SSSR count). The van der Waals surface area contributed by atoms with Crippen molar-refractivity contribution >= 4 is 16.8 Å². The van der Waals surface area contributed by atoms with E-state index in [9.17, 15) is 0 Å². The molecule has 72 valence electrons. The Kier molecular flexibility index (Phi) is 1.54. The molecule has 1 aromatic heterocycles. The first-order valence-corrected chi connectivity index (χ1v) is 4.99. The zero-order valence-electron chi connectivity index (χ0n) is 7.86. The quantitative estimate of drug-likeness (QED) is 0.700. The van der Waals surface area contributed by atoms with Gasteiger partial charge in [-0.15, -0.1) is 0 Å². The zero-order chi connectivity index (χ0) is 9.54. The van der Waals surface area contributed by atoms with Gasteiger partial charge in [0.05, 0.1) is 5.69 Å². The number of benzene rings is 1. The maximum absolute atomic E-state index is 5.81. The molecule has 3 heteroatoms. The minimum absolute atomic E-state index is 0.529. The number of anilines is 1. The third-order valence-electron chi connectivity index (χ3n) is 2.92. The van der Waals surface area contributed by atoms with Crippen molar-refractivity contribution in [2.24, 2.45) is 0 Å². The maximum Gasteiger partial charge on any atom is 0.198 e. The van der Waals surface area contributed by atoms with Crippen LogP contribution in [0.4, 0.5) is 5.69 Å². The van der Waals surface area contributed by atoms with E-state index < -0.39 is 0 Å². The van der Waals surface area contributed by atoms with E-state index in [4.69, 9.17) is 10.2 Å². The van der Waals surface area contributed by atoms with Gasteiger partial charge in [0.2, 0.25) is 0 Å². The highest BCUT2D eigenvalue weighted by molar-refractivity contribution is 5.85. The van der Waals surface area contributed by atoms with Crippen molar-refractivity contribution in [2.45, 2.75) is 25.2 Å². The molecule has 2 aromatic rings. The standard InChI is InChI=1S/C11H12N2O/c12-8-5-2-6-9-10(8)13-11(14-9)7-3-1-4-7/h2,5-7H,1,3-4,12H2. The predicted octanol–water partition coefficient (Wildman–Crippen LogP) is 2.68. The number of rotatable bonds is 1. The summed E-state index contributed by atoms with van der Waals surface area (Å²) < 4.78 is 5.66. The molecule has 2 N–H and O–H groups in total. The van der Waals surface area contributed by atoms with Gasteiger partial charge in [-0.05, 0) is 25.0 Å². The molecule has 0 bridgehead atoms. The van der Waals surface area contributed by atoms with Gasteiger partial charge in [-0.2, -0.15) is 0 Å². The topological polar surface area (TPSA) is 52.0 Å². The van der Waals surface area contributed by atoms with Gasteiger partial charge >= 0.3 is 0 Å². The van der Waals surface area contributed by atoms with Gasteiger partial charge in [0, 0.05) is 5.92 Å². The molecule has 0 unspecified atom stereocenters. The summed E-state index contributed by atoms with van der Waals surface area (Å²) in [6, 6.07) is 5.67. The number of oxazole rings is 1. The van der Waals surface area contributed by atoms with Crippen molar-refractivity contribution in [1.82, 2.24) is 4.98 Å². The number of hydrogen-bond acceptors (Lipinski definition) is 3. The number of nitrogens with zero attached hydrogens (tertiary/aromatic N) is 1. The van der Waals surface area contributed by atoms with Crippen molar-refractivity contribution in [3.8, 4) is 0 Å². The highest BCUT2D eigenvalue weighted by atomic mass is 16.3. The summed E-state index contributed by atoms with van der Waals surface area (Å²) in [6.07, 6.45) is 3.69. The van der Waals surface area contributed by atoms with Crippen molar-refractivity contribution in [3.63, 3.8) is 0 Å². The normalized spacial score (nSPS) is 17.1. The number of nitrogens with two attached hydrogens (primary N) is 1. The molecule has 14 heavy (non-hydrogen) atoms. The van der Waals surface area contributed by atoms with Crippen molar-refractivity contribution in [3.05, 3.63) is 24.1 Å². The van der Waals surface area contributed by atoms with Crippen LogP contribution >= 0.6 is 0 Å². The van der Waals surface area contributed by atoms with Crippen LogP contribution in [0, 0.1) is 0 Å². The molecule has 0 atom stereocenters. The van der Waals surface area contributed by atoms with Gasteiger partial charge < -0.3 is 10.2 Å². The lowest BCUT2D eigenvalue weighted by Gasteiger charge is -2.21. The average Bonchev–Trinajstić information content (AvgIpc) is 2.46. The van der Waals surface area contributed by atoms with Gasteiger partial charge in [0.1, 0.15) is 5.52 Å². The molecule has 0 saturated heterocycles. The second kappa shape index (κ2) is 2.74. The van der Waals surface area contributed by atoms with Crippen LogP contribution in [-0.2, 0) is 0 Å². The third-order valence-corrected chi connectivity index (χ3v) is 2.92. The van der Waals surface area contributed by atoms with Gasteiger partial charge in [-0.25, -0.2) is 4.98 Å². The molecule has 1 aromatic carbocycles. The Morgan fingerprint density at radius 3 is 2.86 bits per heavy atom. The lowest BCUT2D eigenvalue weighted by Crippen LogP contribution is -2.08. The van der Waals surface area contributed by atoms with Gasteiger partial charge in [-0.1, -0.05) is 12.5 Å². The maximum atomic E-state index is 5.81. The molecule has 0 spiro atoms. The summed E-state index contributed by atoms with van der Waals surface area (Å²) in [7, 11) is 0. The van der Waals surface area contributed by atoms with Crippen molar-refractivity contribution in [2.75, 3.05) is 5.73 Å². The molecule has 0 amide bonds. The first kappa shape index (κ1) is 7.85. The van der Waals surface area contributed by atoms with Gasteiger partial charge in [0.15, 0.2) is 11.5 Å². The van der Waals surface area contributed by atoms with E-state index in [2.05, 4.69) is 4.98 Å². The Morgan fingerprint density at radius 2 is 2.21 bits per heavy atom. The number of fused-ring (bicyclic) bond motifs is 1. The fourth-order valence-corrected chi connectivity index (χ4v) is 1.82. The van der Waals surface area contributed by atoms with Gasteiger partial charge in [0.25, 0.3) is 0 Å². The van der Waals surface area contributed by atoms with E-state index in [0.717, 1.165) is 17.0 Å². The van der Waals surface area contributed by atoms with Crippen molar-refractivity contribution < 1.29 is 4.42 Å². The molecule has 1 aliphatic rings. The molecule has 1 aliphatic carbocycles. The summed E-state index contributed by atoms with van der Waals surface area (Å²) in [6.45, 7) is 0. The monoisotopic (exact) mass is 188 g/mol. The molecule has 1 saturated carbocycles. The fourth-order valence-electron chi connectivity index (χ4n) is 1.82. The van der Waals surface area contributed by atoms with Crippen molar-refractivity contribution in [1.29, 1.82) is 0 Å². The second-order valence-corrected chi connectivity index (χ2v) is 3.87. The second-order valence-electron chi connectivity index (χ2n) is 3.87. The van der Waals surface area contributed by atoms with Crippen LogP contribution in [0.15, 0.2) is 22.6 Å². The van der Waals surface area contributed by atoms with Gasteiger partial charge in [-0.3, -0.25) is 0 Å². The first-order chi connectivity index (χ1) is 6.84. The molecule has 1 heterocycles. The van der Waals surface area contributed by atoms with Crippen LogP contribution in [0.1, 0.15) is 31.1 Å². The molecular formula is C11H12N2O. The van der Waals surface area contributed by atoms with Crippen LogP contribution < -0.4 is 5.73 Å². The lowest BCUT2D eigenvalue weighted by atomic mass is 9.85. The predicted molar refractivity (Wildman–Crippen MR) is 55.0 cm³/mol. The largest absolute Gasteiger partial charge is 0.440 e. The third kappa shape index (κ3) is 1.02.